The summed E-state index contributed by atoms with van der Waals surface area (Å²) in [4.78, 5) is 2.53. The molecular formula is C12H24N2O. The summed E-state index contributed by atoms with van der Waals surface area (Å²) in [5.74, 6) is 0. The predicted octanol–water partition coefficient (Wildman–Crippen LogP) is 1.24. The number of likely N-dealkylation sites (tertiary alicyclic amines) is 1. The van der Waals surface area contributed by atoms with Crippen molar-refractivity contribution in [3.8, 4) is 0 Å². The van der Waals surface area contributed by atoms with Gasteiger partial charge in [-0.05, 0) is 32.2 Å². The van der Waals surface area contributed by atoms with E-state index in [0.717, 1.165) is 25.2 Å². The van der Waals surface area contributed by atoms with Crippen LogP contribution in [0.15, 0.2) is 0 Å². The second-order valence-corrected chi connectivity index (χ2v) is 4.93. The number of rotatable bonds is 5. The standard InChI is InChI=1S/C12H24N2O/c1-15-9-8-14-7-3-6-12(10-14)13-11-4-2-5-11/h11-13H,2-10H2,1H3. The first kappa shape index (κ1) is 11.4. The van der Waals surface area contributed by atoms with Crippen LogP contribution in [0, 0.1) is 0 Å². The van der Waals surface area contributed by atoms with Crippen LogP contribution in [0.4, 0.5) is 0 Å². The molecule has 2 fully saturated rings. The molecule has 0 radical (unpaired) electrons. The van der Waals surface area contributed by atoms with Crippen LogP contribution in [0.5, 0.6) is 0 Å². The number of piperidine rings is 1. The third kappa shape index (κ3) is 3.44. The summed E-state index contributed by atoms with van der Waals surface area (Å²) in [5, 5.41) is 3.78. The number of methoxy groups -OCH3 is 1. The fourth-order valence-corrected chi connectivity index (χ4v) is 2.52. The molecule has 1 N–H and O–H groups in total. The maximum absolute atomic E-state index is 5.13. The minimum absolute atomic E-state index is 0.737. The molecule has 0 amide bonds. The molecule has 1 saturated heterocycles. The molecule has 0 aromatic heterocycles. The Morgan fingerprint density at radius 3 is 2.67 bits per heavy atom. The summed E-state index contributed by atoms with van der Waals surface area (Å²) in [6, 6.07) is 1.57. The van der Waals surface area contributed by atoms with Gasteiger partial charge in [-0.2, -0.15) is 0 Å². The first-order chi connectivity index (χ1) is 7.38. The van der Waals surface area contributed by atoms with Crippen molar-refractivity contribution in [2.75, 3.05) is 33.4 Å². The highest BCUT2D eigenvalue weighted by Crippen LogP contribution is 2.20. The molecule has 1 saturated carbocycles. The lowest BCUT2D eigenvalue weighted by atomic mass is 9.91. The maximum Gasteiger partial charge on any atom is 0.0589 e. The van der Waals surface area contributed by atoms with Crippen molar-refractivity contribution in [2.24, 2.45) is 0 Å². The number of ether oxygens (including phenoxy) is 1. The molecule has 0 aromatic rings. The summed E-state index contributed by atoms with van der Waals surface area (Å²) < 4.78 is 5.13. The van der Waals surface area contributed by atoms with Gasteiger partial charge < -0.3 is 10.1 Å². The Hall–Kier alpha value is -0.120. The lowest BCUT2D eigenvalue weighted by Gasteiger charge is -2.37. The molecule has 3 heteroatoms. The number of hydrogen-bond donors (Lipinski definition) is 1. The Bertz CT molecular complexity index is 182. The zero-order valence-electron chi connectivity index (χ0n) is 9.87. The van der Waals surface area contributed by atoms with Crippen LogP contribution in [-0.2, 0) is 4.74 Å². The van der Waals surface area contributed by atoms with Crippen molar-refractivity contribution in [3.63, 3.8) is 0 Å². The zero-order chi connectivity index (χ0) is 10.5. The predicted molar refractivity (Wildman–Crippen MR) is 62.1 cm³/mol. The Morgan fingerprint density at radius 1 is 1.20 bits per heavy atom. The second-order valence-electron chi connectivity index (χ2n) is 4.93. The largest absolute Gasteiger partial charge is 0.383 e. The molecule has 1 aliphatic carbocycles. The van der Waals surface area contributed by atoms with Crippen LogP contribution in [0.1, 0.15) is 32.1 Å². The van der Waals surface area contributed by atoms with Crippen molar-refractivity contribution in [2.45, 2.75) is 44.2 Å². The van der Waals surface area contributed by atoms with Gasteiger partial charge in [0.2, 0.25) is 0 Å². The minimum Gasteiger partial charge on any atom is -0.383 e. The van der Waals surface area contributed by atoms with Crippen molar-refractivity contribution in [1.29, 1.82) is 0 Å². The lowest BCUT2D eigenvalue weighted by Crippen LogP contribution is -2.51. The Labute approximate surface area is 93.2 Å². The first-order valence-electron chi connectivity index (χ1n) is 6.36. The topological polar surface area (TPSA) is 24.5 Å². The van der Waals surface area contributed by atoms with E-state index in [0.29, 0.717) is 0 Å². The van der Waals surface area contributed by atoms with E-state index in [2.05, 4.69) is 10.2 Å². The van der Waals surface area contributed by atoms with E-state index in [4.69, 9.17) is 4.74 Å². The zero-order valence-corrected chi connectivity index (χ0v) is 9.87. The van der Waals surface area contributed by atoms with E-state index >= 15 is 0 Å². The highest BCUT2D eigenvalue weighted by atomic mass is 16.5. The van der Waals surface area contributed by atoms with E-state index in [-0.39, 0.29) is 0 Å². The monoisotopic (exact) mass is 212 g/mol. The molecule has 1 atom stereocenters. The Morgan fingerprint density at radius 2 is 2.00 bits per heavy atom. The summed E-state index contributed by atoms with van der Waals surface area (Å²) in [7, 11) is 1.79. The van der Waals surface area contributed by atoms with E-state index in [1.807, 2.05) is 0 Å². The number of nitrogens with one attached hydrogen (secondary N) is 1. The summed E-state index contributed by atoms with van der Waals surface area (Å²) in [6.07, 6.45) is 6.93. The SMILES string of the molecule is COCCN1CCCC(NC2CCC2)C1. The number of nitrogens with zero attached hydrogens (tertiary/aromatic N) is 1. The fraction of sp³-hybridized carbons (Fsp3) is 1.00. The van der Waals surface area contributed by atoms with Gasteiger partial charge in [0.1, 0.15) is 0 Å². The van der Waals surface area contributed by atoms with Gasteiger partial charge in [-0.1, -0.05) is 6.42 Å². The van der Waals surface area contributed by atoms with Crippen molar-refractivity contribution < 1.29 is 4.74 Å². The van der Waals surface area contributed by atoms with Crippen LogP contribution in [0.25, 0.3) is 0 Å². The number of hydrogen-bond acceptors (Lipinski definition) is 3. The van der Waals surface area contributed by atoms with Gasteiger partial charge in [0.25, 0.3) is 0 Å². The van der Waals surface area contributed by atoms with E-state index < -0.39 is 0 Å². The molecule has 0 bridgehead atoms. The highest BCUT2D eigenvalue weighted by molar-refractivity contribution is 4.85. The third-order valence-electron chi connectivity index (χ3n) is 3.69. The summed E-state index contributed by atoms with van der Waals surface area (Å²) in [6.45, 7) is 4.45. The average Bonchev–Trinajstić information content (AvgIpc) is 2.21. The molecule has 1 unspecified atom stereocenters. The van der Waals surface area contributed by atoms with E-state index in [9.17, 15) is 0 Å². The molecule has 2 rings (SSSR count). The molecule has 2 aliphatic rings. The molecule has 0 spiro atoms. The van der Waals surface area contributed by atoms with Gasteiger partial charge in [-0.3, -0.25) is 4.90 Å². The van der Waals surface area contributed by atoms with Gasteiger partial charge in [0.05, 0.1) is 6.61 Å². The van der Waals surface area contributed by atoms with Crippen LogP contribution in [0.2, 0.25) is 0 Å². The lowest BCUT2D eigenvalue weighted by molar-refractivity contribution is 0.116. The third-order valence-corrected chi connectivity index (χ3v) is 3.69. The van der Waals surface area contributed by atoms with Gasteiger partial charge in [-0.15, -0.1) is 0 Å². The van der Waals surface area contributed by atoms with Crippen LogP contribution < -0.4 is 5.32 Å². The van der Waals surface area contributed by atoms with Gasteiger partial charge in [-0.25, -0.2) is 0 Å². The second kappa shape index (κ2) is 5.83. The van der Waals surface area contributed by atoms with Crippen molar-refractivity contribution in [1.82, 2.24) is 10.2 Å². The maximum atomic E-state index is 5.13. The summed E-state index contributed by atoms with van der Waals surface area (Å²) >= 11 is 0. The van der Waals surface area contributed by atoms with Crippen LogP contribution in [0.3, 0.4) is 0 Å². The van der Waals surface area contributed by atoms with E-state index in [1.54, 1.807) is 7.11 Å². The van der Waals surface area contributed by atoms with Gasteiger partial charge >= 0.3 is 0 Å². The highest BCUT2D eigenvalue weighted by Gasteiger charge is 2.24. The quantitative estimate of drug-likeness (QED) is 0.742. The van der Waals surface area contributed by atoms with Gasteiger partial charge in [0.15, 0.2) is 0 Å². The average molecular weight is 212 g/mol. The molecule has 0 aromatic carbocycles. The summed E-state index contributed by atoms with van der Waals surface area (Å²) in [5.41, 5.74) is 0. The molecule has 1 heterocycles. The fourth-order valence-electron chi connectivity index (χ4n) is 2.52. The minimum atomic E-state index is 0.737. The molecule has 15 heavy (non-hydrogen) atoms. The van der Waals surface area contributed by atoms with Crippen molar-refractivity contribution >= 4 is 0 Å². The Kier molecular flexibility index (Phi) is 4.42. The smallest absolute Gasteiger partial charge is 0.0589 e. The van der Waals surface area contributed by atoms with Crippen molar-refractivity contribution in [3.05, 3.63) is 0 Å². The Balaban J connectivity index is 1.66. The normalized spacial score (nSPS) is 29.0. The van der Waals surface area contributed by atoms with Gasteiger partial charge in [0, 0.05) is 32.3 Å². The molecule has 88 valence electrons. The molecule has 3 nitrogen and oxygen atoms in total. The first-order valence-corrected chi connectivity index (χ1v) is 6.36. The molecule has 1 aliphatic heterocycles. The van der Waals surface area contributed by atoms with Crippen LogP contribution >= 0.6 is 0 Å². The van der Waals surface area contributed by atoms with E-state index in [1.165, 1.54) is 45.2 Å². The van der Waals surface area contributed by atoms with Crippen LogP contribution in [-0.4, -0.2) is 50.3 Å². The molecular weight excluding hydrogens is 188 g/mol.